The molecular weight excluding hydrogens is 627 g/mol. The van der Waals surface area contributed by atoms with Crippen LogP contribution in [0.15, 0.2) is 36.4 Å². The van der Waals surface area contributed by atoms with Crippen molar-refractivity contribution in [2.45, 2.75) is 64.0 Å². The van der Waals surface area contributed by atoms with Crippen molar-refractivity contribution >= 4 is 23.8 Å². The van der Waals surface area contributed by atoms with E-state index < -0.39 is 83.1 Å². The highest BCUT2D eigenvalue weighted by atomic mass is 19.4. The summed E-state index contributed by atoms with van der Waals surface area (Å²) in [4.78, 5) is 55.1. The van der Waals surface area contributed by atoms with Crippen LogP contribution in [0.1, 0.15) is 67.0 Å². The molecule has 2 aromatic carbocycles. The molecule has 0 saturated carbocycles. The molecule has 1 unspecified atom stereocenters. The van der Waals surface area contributed by atoms with Gasteiger partial charge in [-0.3, -0.25) is 14.4 Å². The highest BCUT2D eigenvalue weighted by molar-refractivity contribution is 6.04. The highest BCUT2D eigenvalue weighted by Gasteiger charge is 2.49. The number of rotatable bonds is 6. The van der Waals surface area contributed by atoms with Crippen LogP contribution in [0.4, 0.5) is 35.5 Å². The molecule has 250 valence electrons. The fourth-order valence-electron chi connectivity index (χ4n) is 5.84. The van der Waals surface area contributed by atoms with Crippen molar-refractivity contribution in [3.05, 3.63) is 70.0 Å². The van der Waals surface area contributed by atoms with E-state index in [4.69, 9.17) is 4.74 Å². The molecule has 0 radical (unpaired) electrons. The Labute approximate surface area is 260 Å². The van der Waals surface area contributed by atoms with Crippen molar-refractivity contribution in [2.24, 2.45) is 5.92 Å². The summed E-state index contributed by atoms with van der Waals surface area (Å²) in [5.41, 5.74) is -3.92. The standard InChI is InChI=1S/C31H32F7N3O5/c1-16-10-21(32)6-7-22(16)24-14-40(25(42)15-41-27(44)29(3,4)46-28(41)45)9-8-23(24)26(43)39(5)17(2)18-11-19(30(33,34)35)13-20(12-18)31(36,37)38/h6-7,10-13,17,23-24H,8-9,14-15H2,1-5H3/t17-,23+,24?/m1/s1. The van der Waals surface area contributed by atoms with Gasteiger partial charge in [-0.1, -0.05) is 6.07 Å². The van der Waals surface area contributed by atoms with Crippen LogP contribution < -0.4 is 0 Å². The van der Waals surface area contributed by atoms with E-state index in [1.807, 2.05) is 0 Å². The number of benzene rings is 2. The topological polar surface area (TPSA) is 87.2 Å². The molecule has 2 saturated heterocycles. The quantitative estimate of drug-likeness (QED) is 0.351. The number of hydrogen-bond donors (Lipinski definition) is 0. The zero-order valence-electron chi connectivity index (χ0n) is 25.6. The van der Waals surface area contributed by atoms with Crippen molar-refractivity contribution in [3.8, 4) is 0 Å². The van der Waals surface area contributed by atoms with Gasteiger partial charge in [-0.15, -0.1) is 0 Å². The third-order valence-electron chi connectivity index (χ3n) is 8.55. The molecule has 2 aliphatic rings. The van der Waals surface area contributed by atoms with Crippen molar-refractivity contribution in [3.63, 3.8) is 0 Å². The molecule has 46 heavy (non-hydrogen) atoms. The van der Waals surface area contributed by atoms with Gasteiger partial charge < -0.3 is 14.5 Å². The Hall–Kier alpha value is -4.17. The Bertz CT molecular complexity index is 1520. The number of imide groups is 1. The van der Waals surface area contributed by atoms with Gasteiger partial charge in [0.15, 0.2) is 5.60 Å². The Kier molecular flexibility index (Phi) is 9.21. The third-order valence-corrected chi connectivity index (χ3v) is 8.55. The van der Waals surface area contributed by atoms with Gasteiger partial charge in [0.1, 0.15) is 12.4 Å². The minimum absolute atomic E-state index is 0.00844. The van der Waals surface area contributed by atoms with Gasteiger partial charge in [-0.05, 0) is 81.1 Å². The number of ether oxygens (including phenoxy) is 1. The second-order valence-electron chi connectivity index (χ2n) is 12.1. The molecule has 4 amide bonds. The molecule has 15 heteroatoms. The fraction of sp³-hybridized carbons (Fsp3) is 0.484. The van der Waals surface area contributed by atoms with Crippen LogP contribution in [0.5, 0.6) is 0 Å². The largest absolute Gasteiger partial charge is 0.433 e. The van der Waals surface area contributed by atoms with Crippen molar-refractivity contribution < 1.29 is 54.6 Å². The number of nitrogens with zero attached hydrogens (tertiary/aromatic N) is 3. The monoisotopic (exact) mass is 659 g/mol. The van der Waals surface area contributed by atoms with Gasteiger partial charge in [0.2, 0.25) is 11.8 Å². The molecule has 0 N–H and O–H groups in total. The summed E-state index contributed by atoms with van der Waals surface area (Å²) in [6, 6.07) is 3.76. The summed E-state index contributed by atoms with van der Waals surface area (Å²) in [5, 5.41) is 0. The van der Waals surface area contributed by atoms with E-state index >= 15 is 0 Å². The predicted octanol–water partition coefficient (Wildman–Crippen LogP) is 6.08. The first-order valence-electron chi connectivity index (χ1n) is 14.3. The lowest BCUT2D eigenvalue weighted by atomic mass is 9.78. The van der Waals surface area contributed by atoms with Crippen molar-refractivity contribution in [1.82, 2.24) is 14.7 Å². The van der Waals surface area contributed by atoms with Gasteiger partial charge in [0.05, 0.1) is 17.2 Å². The van der Waals surface area contributed by atoms with E-state index in [0.717, 1.165) is 4.90 Å². The summed E-state index contributed by atoms with van der Waals surface area (Å²) in [6.45, 7) is 4.91. The first kappa shape index (κ1) is 34.7. The molecule has 2 aromatic rings. The molecule has 0 spiro atoms. The number of amides is 4. The maximum absolute atomic E-state index is 14.0. The zero-order chi connectivity index (χ0) is 34.5. The normalized spacial score (nSPS) is 20.9. The molecule has 8 nitrogen and oxygen atoms in total. The minimum Gasteiger partial charge on any atom is -0.433 e. The minimum atomic E-state index is -5.07. The summed E-state index contributed by atoms with van der Waals surface area (Å²) >= 11 is 0. The van der Waals surface area contributed by atoms with Crippen LogP contribution in [-0.2, 0) is 31.5 Å². The molecule has 4 rings (SSSR count). The second-order valence-corrected chi connectivity index (χ2v) is 12.1. The van der Waals surface area contributed by atoms with Crippen LogP contribution in [0, 0.1) is 18.7 Å². The summed E-state index contributed by atoms with van der Waals surface area (Å²) in [6.07, 6.45) is -11.1. The lowest BCUT2D eigenvalue weighted by Gasteiger charge is -2.41. The summed E-state index contributed by atoms with van der Waals surface area (Å²) in [7, 11) is 1.26. The van der Waals surface area contributed by atoms with Crippen LogP contribution in [0.25, 0.3) is 0 Å². The van der Waals surface area contributed by atoms with Gasteiger partial charge in [0.25, 0.3) is 5.91 Å². The maximum Gasteiger partial charge on any atom is 0.418 e. The lowest BCUT2D eigenvalue weighted by Crippen LogP contribution is -2.51. The van der Waals surface area contributed by atoms with E-state index in [-0.39, 0.29) is 31.1 Å². The molecule has 2 heterocycles. The molecule has 0 aromatic heterocycles. The van der Waals surface area contributed by atoms with Crippen molar-refractivity contribution in [2.75, 3.05) is 26.7 Å². The Balaban J connectivity index is 1.63. The van der Waals surface area contributed by atoms with Gasteiger partial charge in [-0.25, -0.2) is 14.1 Å². The number of aryl methyl sites for hydroxylation is 1. The SMILES string of the molecule is Cc1cc(F)ccc1C1CN(C(=O)CN2C(=O)OC(C)(C)C2=O)CC[C@@H]1C(=O)N(C)[C@H](C)c1cc(C(F)(F)F)cc(C(F)(F)F)c1. The van der Waals surface area contributed by atoms with E-state index in [0.29, 0.717) is 28.2 Å². The smallest absolute Gasteiger partial charge is 0.418 e. The third kappa shape index (κ3) is 6.97. The number of cyclic esters (lactones) is 1. The average molecular weight is 660 g/mol. The summed E-state index contributed by atoms with van der Waals surface area (Å²) in [5.74, 6) is -4.18. The van der Waals surface area contributed by atoms with E-state index in [1.165, 1.54) is 50.9 Å². The average Bonchev–Trinajstić information content (AvgIpc) is 3.15. The number of halogens is 7. The van der Waals surface area contributed by atoms with Gasteiger partial charge in [0, 0.05) is 32.0 Å². The number of hydrogen-bond acceptors (Lipinski definition) is 5. The van der Waals surface area contributed by atoms with Crippen LogP contribution in [0.2, 0.25) is 0 Å². The van der Waals surface area contributed by atoms with E-state index in [1.54, 1.807) is 6.92 Å². The van der Waals surface area contributed by atoms with Crippen LogP contribution in [-0.4, -0.2) is 70.8 Å². The number of piperidine rings is 1. The molecule has 0 bridgehead atoms. The number of alkyl halides is 6. The van der Waals surface area contributed by atoms with E-state index in [2.05, 4.69) is 0 Å². The lowest BCUT2D eigenvalue weighted by molar-refractivity contribution is -0.144. The fourth-order valence-corrected chi connectivity index (χ4v) is 5.84. The molecule has 2 fully saturated rings. The number of carbonyl (C=O) groups excluding carboxylic acids is 4. The predicted molar refractivity (Wildman–Crippen MR) is 148 cm³/mol. The van der Waals surface area contributed by atoms with Crippen LogP contribution >= 0.6 is 0 Å². The zero-order valence-corrected chi connectivity index (χ0v) is 25.6. The van der Waals surface area contributed by atoms with Gasteiger partial charge >= 0.3 is 18.4 Å². The first-order valence-corrected chi connectivity index (χ1v) is 14.3. The molecule has 0 aliphatic carbocycles. The Morgan fingerprint density at radius 3 is 2.11 bits per heavy atom. The first-order chi connectivity index (χ1) is 21.1. The highest BCUT2D eigenvalue weighted by Crippen LogP contribution is 2.40. The number of likely N-dealkylation sites (tertiary alicyclic amines) is 1. The molecule has 2 aliphatic heterocycles. The van der Waals surface area contributed by atoms with Crippen molar-refractivity contribution in [1.29, 1.82) is 0 Å². The van der Waals surface area contributed by atoms with E-state index in [9.17, 15) is 49.9 Å². The van der Waals surface area contributed by atoms with Crippen LogP contribution in [0.3, 0.4) is 0 Å². The maximum atomic E-state index is 14.0. The molecular formula is C31H32F7N3O5. The summed E-state index contributed by atoms with van der Waals surface area (Å²) < 4.78 is 100. The Morgan fingerprint density at radius 2 is 1.61 bits per heavy atom. The second kappa shape index (κ2) is 12.2. The Morgan fingerprint density at radius 1 is 1.02 bits per heavy atom. The number of carbonyl (C=O) groups is 4. The molecule has 3 atom stereocenters. The van der Waals surface area contributed by atoms with Gasteiger partial charge in [-0.2, -0.15) is 26.3 Å².